The van der Waals surface area contributed by atoms with Crippen LogP contribution in [0.25, 0.3) is 0 Å². The van der Waals surface area contributed by atoms with Crippen LogP contribution in [0.4, 0.5) is 0 Å². The molecule has 1 fully saturated rings. The predicted molar refractivity (Wildman–Crippen MR) is 75.3 cm³/mol. The first-order valence-electron chi connectivity index (χ1n) is 6.34. The molecule has 0 bridgehead atoms. The van der Waals surface area contributed by atoms with Gasteiger partial charge >= 0.3 is 0 Å². The van der Waals surface area contributed by atoms with Crippen LogP contribution < -0.4 is 5.32 Å². The van der Waals surface area contributed by atoms with E-state index in [9.17, 15) is 9.90 Å². The fraction of sp³-hybridized carbons (Fsp3) is 0.500. The number of aliphatic hydroxyl groups is 1. The molecule has 1 amide bonds. The normalized spacial score (nSPS) is 22.4. The zero-order valence-electron chi connectivity index (χ0n) is 11.0. The van der Waals surface area contributed by atoms with E-state index in [0.717, 1.165) is 4.90 Å². The number of carbonyl (C=O) groups is 1. The van der Waals surface area contributed by atoms with Gasteiger partial charge in [0, 0.05) is 24.5 Å². The highest BCUT2D eigenvalue weighted by molar-refractivity contribution is 8.00. The van der Waals surface area contributed by atoms with Crippen molar-refractivity contribution in [1.29, 1.82) is 0 Å². The molecule has 0 aliphatic carbocycles. The lowest BCUT2D eigenvalue weighted by Crippen LogP contribution is -2.43. The van der Waals surface area contributed by atoms with Gasteiger partial charge in [-0.05, 0) is 19.1 Å². The van der Waals surface area contributed by atoms with Crippen molar-refractivity contribution in [1.82, 2.24) is 5.32 Å². The smallest absolute Gasteiger partial charge is 0.230 e. The molecule has 1 aliphatic heterocycles. The molecule has 0 saturated carbocycles. The molecule has 2 N–H and O–H groups in total. The SMILES string of the molecule is Cc1ccc(SCC(=O)NCC2(O)CCOC2)cc1. The molecule has 4 nitrogen and oxygen atoms in total. The van der Waals surface area contributed by atoms with Crippen molar-refractivity contribution in [3.8, 4) is 0 Å². The minimum absolute atomic E-state index is 0.0640. The molecule has 104 valence electrons. The molecule has 5 heteroatoms. The van der Waals surface area contributed by atoms with E-state index in [4.69, 9.17) is 4.74 Å². The van der Waals surface area contributed by atoms with E-state index in [0.29, 0.717) is 25.4 Å². The number of rotatable bonds is 5. The van der Waals surface area contributed by atoms with E-state index >= 15 is 0 Å². The zero-order chi connectivity index (χ0) is 13.7. The summed E-state index contributed by atoms with van der Waals surface area (Å²) >= 11 is 1.49. The molecule has 0 radical (unpaired) electrons. The number of hydrogen-bond acceptors (Lipinski definition) is 4. The number of ether oxygens (including phenoxy) is 1. The molecular weight excluding hydrogens is 262 g/mol. The van der Waals surface area contributed by atoms with Crippen LogP contribution in [-0.4, -0.2) is 42.1 Å². The Morgan fingerprint density at radius 1 is 1.47 bits per heavy atom. The lowest BCUT2D eigenvalue weighted by atomic mass is 10.0. The topological polar surface area (TPSA) is 58.6 Å². The molecule has 1 heterocycles. The first-order chi connectivity index (χ1) is 9.07. The maximum absolute atomic E-state index is 11.7. The van der Waals surface area contributed by atoms with Crippen LogP contribution in [0.1, 0.15) is 12.0 Å². The fourth-order valence-electron chi connectivity index (χ4n) is 1.83. The maximum Gasteiger partial charge on any atom is 0.230 e. The van der Waals surface area contributed by atoms with Gasteiger partial charge in [-0.15, -0.1) is 11.8 Å². The van der Waals surface area contributed by atoms with Gasteiger partial charge < -0.3 is 15.2 Å². The number of benzene rings is 1. The van der Waals surface area contributed by atoms with Crippen LogP contribution >= 0.6 is 11.8 Å². The molecule has 0 aromatic heterocycles. The summed E-state index contributed by atoms with van der Waals surface area (Å²) in [4.78, 5) is 12.8. The van der Waals surface area contributed by atoms with Crippen LogP contribution in [0.3, 0.4) is 0 Å². The largest absolute Gasteiger partial charge is 0.386 e. The summed E-state index contributed by atoms with van der Waals surface area (Å²) in [6.45, 7) is 3.16. The summed E-state index contributed by atoms with van der Waals surface area (Å²) in [5.74, 6) is 0.297. The van der Waals surface area contributed by atoms with E-state index in [1.807, 2.05) is 31.2 Å². The molecule has 1 unspecified atom stereocenters. The van der Waals surface area contributed by atoms with Crippen LogP contribution in [-0.2, 0) is 9.53 Å². The van der Waals surface area contributed by atoms with Gasteiger partial charge in [-0.3, -0.25) is 4.79 Å². The fourth-order valence-corrected chi connectivity index (χ4v) is 2.56. The third-order valence-corrected chi connectivity index (χ3v) is 4.10. The quantitative estimate of drug-likeness (QED) is 0.800. The molecule has 19 heavy (non-hydrogen) atoms. The highest BCUT2D eigenvalue weighted by atomic mass is 32.2. The lowest BCUT2D eigenvalue weighted by Gasteiger charge is -2.20. The lowest BCUT2D eigenvalue weighted by molar-refractivity contribution is -0.119. The van der Waals surface area contributed by atoms with Gasteiger partial charge in [0.2, 0.25) is 5.91 Å². The minimum Gasteiger partial charge on any atom is -0.386 e. The first-order valence-corrected chi connectivity index (χ1v) is 7.32. The maximum atomic E-state index is 11.7. The van der Waals surface area contributed by atoms with Gasteiger partial charge in [-0.1, -0.05) is 17.7 Å². The standard InChI is InChI=1S/C14H19NO3S/c1-11-2-4-12(5-3-11)19-8-13(16)15-9-14(17)6-7-18-10-14/h2-5,17H,6-10H2,1H3,(H,15,16). The van der Waals surface area contributed by atoms with Crippen molar-refractivity contribution in [2.24, 2.45) is 0 Å². The minimum atomic E-state index is -0.885. The van der Waals surface area contributed by atoms with Gasteiger partial charge in [0.1, 0.15) is 5.60 Å². The van der Waals surface area contributed by atoms with Crippen LogP contribution in [0.2, 0.25) is 0 Å². The zero-order valence-corrected chi connectivity index (χ0v) is 11.8. The number of hydrogen-bond donors (Lipinski definition) is 2. The second-order valence-electron chi connectivity index (χ2n) is 4.91. The Labute approximate surface area is 117 Å². The third-order valence-electron chi connectivity index (χ3n) is 3.09. The molecule has 1 aromatic carbocycles. The summed E-state index contributed by atoms with van der Waals surface area (Å²) in [5.41, 5.74) is 0.321. The first kappa shape index (κ1) is 14.4. The molecule has 1 saturated heterocycles. The van der Waals surface area contributed by atoms with E-state index in [2.05, 4.69) is 5.32 Å². The van der Waals surface area contributed by atoms with Crippen LogP contribution in [0, 0.1) is 6.92 Å². The molecule has 1 aromatic rings. The van der Waals surface area contributed by atoms with Gasteiger partial charge in [0.25, 0.3) is 0 Å². The van der Waals surface area contributed by atoms with Crippen LogP contribution in [0.15, 0.2) is 29.2 Å². The van der Waals surface area contributed by atoms with Crippen molar-refractivity contribution in [3.63, 3.8) is 0 Å². The third kappa shape index (κ3) is 4.53. The van der Waals surface area contributed by atoms with E-state index in [-0.39, 0.29) is 12.5 Å². The Morgan fingerprint density at radius 3 is 2.84 bits per heavy atom. The molecule has 2 rings (SSSR count). The number of aryl methyl sites for hydroxylation is 1. The number of nitrogens with one attached hydrogen (secondary N) is 1. The Hall–Kier alpha value is -1.04. The Bertz CT molecular complexity index is 427. The Morgan fingerprint density at radius 2 is 2.21 bits per heavy atom. The number of amides is 1. The van der Waals surface area contributed by atoms with E-state index in [1.165, 1.54) is 17.3 Å². The summed E-state index contributed by atoms with van der Waals surface area (Å²) in [7, 11) is 0. The van der Waals surface area contributed by atoms with Crippen molar-refractivity contribution in [3.05, 3.63) is 29.8 Å². The van der Waals surface area contributed by atoms with Gasteiger partial charge in [-0.2, -0.15) is 0 Å². The van der Waals surface area contributed by atoms with Crippen LogP contribution in [0.5, 0.6) is 0 Å². The van der Waals surface area contributed by atoms with Crippen molar-refractivity contribution < 1.29 is 14.6 Å². The summed E-state index contributed by atoms with van der Waals surface area (Å²) in [6.07, 6.45) is 0.582. The highest BCUT2D eigenvalue weighted by Gasteiger charge is 2.32. The van der Waals surface area contributed by atoms with Crippen molar-refractivity contribution in [2.75, 3.05) is 25.5 Å². The number of carbonyl (C=O) groups excluding carboxylic acids is 1. The monoisotopic (exact) mass is 281 g/mol. The highest BCUT2D eigenvalue weighted by Crippen LogP contribution is 2.19. The summed E-state index contributed by atoms with van der Waals surface area (Å²) in [5, 5.41) is 12.8. The summed E-state index contributed by atoms with van der Waals surface area (Å²) in [6, 6.07) is 8.06. The summed E-state index contributed by atoms with van der Waals surface area (Å²) < 4.78 is 5.13. The predicted octanol–water partition coefficient (Wildman–Crippen LogP) is 1.35. The van der Waals surface area contributed by atoms with E-state index < -0.39 is 5.60 Å². The Balaban J connectivity index is 1.71. The molecule has 0 spiro atoms. The second-order valence-corrected chi connectivity index (χ2v) is 5.95. The van der Waals surface area contributed by atoms with Crippen molar-refractivity contribution in [2.45, 2.75) is 23.8 Å². The van der Waals surface area contributed by atoms with Gasteiger partial charge in [0.15, 0.2) is 0 Å². The van der Waals surface area contributed by atoms with E-state index in [1.54, 1.807) is 0 Å². The Kier molecular flexibility index (Phi) is 4.85. The van der Waals surface area contributed by atoms with Crippen molar-refractivity contribution >= 4 is 17.7 Å². The average Bonchev–Trinajstić information content (AvgIpc) is 2.83. The van der Waals surface area contributed by atoms with Gasteiger partial charge in [0.05, 0.1) is 12.4 Å². The average molecular weight is 281 g/mol. The second kappa shape index (κ2) is 6.41. The molecule has 1 aliphatic rings. The number of thioether (sulfide) groups is 1. The van der Waals surface area contributed by atoms with Gasteiger partial charge in [-0.25, -0.2) is 0 Å². The molecule has 1 atom stereocenters. The molecular formula is C14H19NO3S.